The SMILES string of the molecule is CCN1CCc2[nH]c(=S)nc(C(=O)O)c2C1. The Morgan fingerprint density at radius 1 is 1.69 bits per heavy atom. The Labute approximate surface area is 98.1 Å². The lowest BCUT2D eigenvalue weighted by Gasteiger charge is -2.27. The van der Waals surface area contributed by atoms with E-state index in [1.807, 2.05) is 0 Å². The van der Waals surface area contributed by atoms with Crippen molar-refractivity contribution in [3.05, 3.63) is 21.7 Å². The third kappa shape index (κ3) is 1.98. The zero-order valence-electron chi connectivity index (χ0n) is 8.99. The van der Waals surface area contributed by atoms with Gasteiger partial charge in [-0.25, -0.2) is 9.78 Å². The number of aromatic carboxylic acids is 1. The highest BCUT2D eigenvalue weighted by molar-refractivity contribution is 7.71. The third-order valence-corrected chi connectivity index (χ3v) is 3.02. The molecule has 6 heteroatoms. The number of aromatic nitrogens is 2. The molecule has 0 fully saturated rings. The number of hydrogen-bond donors (Lipinski definition) is 2. The van der Waals surface area contributed by atoms with Gasteiger partial charge in [-0.1, -0.05) is 6.92 Å². The summed E-state index contributed by atoms with van der Waals surface area (Å²) in [6.07, 6.45) is 0.801. The van der Waals surface area contributed by atoms with Gasteiger partial charge in [0.15, 0.2) is 10.5 Å². The van der Waals surface area contributed by atoms with Crippen LogP contribution in [0.1, 0.15) is 28.7 Å². The Kier molecular flexibility index (Phi) is 3.02. The molecule has 1 aromatic heterocycles. The van der Waals surface area contributed by atoms with Gasteiger partial charge < -0.3 is 10.1 Å². The van der Waals surface area contributed by atoms with E-state index in [0.717, 1.165) is 30.8 Å². The predicted octanol–water partition coefficient (Wildman–Crippen LogP) is 1.22. The molecular formula is C10H13N3O2S. The van der Waals surface area contributed by atoms with Crippen LogP contribution in [0.2, 0.25) is 0 Å². The largest absolute Gasteiger partial charge is 0.476 e. The molecule has 2 heterocycles. The van der Waals surface area contributed by atoms with E-state index in [9.17, 15) is 4.79 Å². The molecule has 0 atom stereocenters. The molecule has 0 saturated carbocycles. The van der Waals surface area contributed by atoms with Crippen LogP contribution in [0.25, 0.3) is 0 Å². The molecule has 1 aromatic rings. The number of nitrogens with zero attached hydrogens (tertiary/aromatic N) is 2. The van der Waals surface area contributed by atoms with Crippen molar-refractivity contribution in [2.24, 2.45) is 0 Å². The van der Waals surface area contributed by atoms with Crippen LogP contribution in [0.15, 0.2) is 0 Å². The molecule has 5 nitrogen and oxygen atoms in total. The van der Waals surface area contributed by atoms with Crippen LogP contribution in [0.4, 0.5) is 0 Å². The van der Waals surface area contributed by atoms with E-state index < -0.39 is 5.97 Å². The van der Waals surface area contributed by atoms with Crippen molar-refractivity contribution < 1.29 is 9.90 Å². The molecule has 16 heavy (non-hydrogen) atoms. The van der Waals surface area contributed by atoms with Gasteiger partial charge in [0.2, 0.25) is 0 Å². The molecule has 86 valence electrons. The molecule has 0 amide bonds. The van der Waals surface area contributed by atoms with E-state index in [4.69, 9.17) is 17.3 Å². The number of H-pyrrole nitrogens is 1. The minimum atomic E-state index is -1.01. The van der Waals surface area contributed by atoms with Crippen LogP contribution >= 0.6 is 12.2 Å². The smallest absolute Gasteiger partial charge is 0.355 e. The Hall–Kier alpha value is -1.27. The Bertz CT molecular complexity index is 483. The Morgan fingerprint density at radius 2 is 2.44 bits per heavy atom. The van der Waals surface area contributed by atoms with Crippen molar-refractivity contribution >= 4 is 18.2 Å². The van der Waals surface area contributed by atoms with Crippen molar-refractivity contribution in [2.45, 2.75) is 19.9 Å². The summed E-state index contributed by atoms with van der Waals surface area (Å²) in [6, 6.07) is 0. The maximum absolute atomic E-state index is 11.1. The second kappa shape index (κ2) is 4.31. The molecule has 0 unspecified atom stereocenters. The summed E-state index contributed by atoms with van der Waals surface area (Å²) in [6.45, 7) is 4.53. The Balaban J connectivity index is 2.51. The number of fused-ring (bicyclic) bond motifs is 1. The lowest BCUT2D eigenvalue weighted by Crippen LogP contribution is -2.32. The monoisotopic (exact) mass is 239 g/mol. The van der Waals surface area contributed by atoms with E-state index in [2.05, 4.69) is 21.8 Å². The molecule has 0 bridgehead atoms. The third-order valence-electron chi connectivity index (χ3n) is 2.83. The van der Waals surface area contributed by atoms with Crippen molar-refractivity contribution in [3.8, 4) is 0 Å². The average molecular weight is 239 g/mol. The van der Waals surface area contributed by atoms with Crippen LogP contribution in [0.3, 0.4) is 0 Å². The van der Waals surface area contributed by atoms with Gasteiger partial charge in [-0.3, -0.25) is 4.90 Å². The summed E-state index contributed by atoms with van der Waals surface area (Å²) >= 11 is 4.92. The van der Waals surface area contributed by atoms with Gasteiger partial charge in [-0.15, -0.1) is 0 Å². The molecule has 0 radical (unpaired) electrons. The van der Waals surface area contributed by atoms with E-state index in [-0.39, 0.29) is 10.5 Å². The lowest BCUT2D eigenvalue weighted by molar-refractivity contribution is 0.0686. The predicted molar refractivity (Wildman–Crippen MR) is 61.0 cm³/mol. The fraction of sp³-hybridized carbons (Fsp3) is 0.500. The number of likely N-dealkylation sites (N-methyl/N-ethyl adjacent to an activating group) is 1. The number of hydrogen-bond acceptors (Lipinski definition) is 4. The van der Waals surface area contributed by atoms with Crippen LogP contribution in [-0.2, 0) is 13.0 Å². The van der Waals surface area contributed by atoms with Gasteiger partial charge in [0.05, 0.1) is 0 Å². The first-order valence-corrected chi connectivity index (χ1v) is 5.60. The molecule has 0 aromatic carbocycles. The second-order valence-electron chi connectivity index (χ2n) is 3.77. The number of aromatic amines is 1. The van der Waals surface area contributed by atoms with Crippen LogP contribution in [0, 0.1) is 4.77 Å². The minimum Gasteiger partial charge on any atom is -0.476 e. The first kappa shape index (κ1) is 11.2. The van der Waals surface area contributed by atoms with Crippen molar-refractivity contribution in [2.75, 3.05) is 13.1 Å². The quantitative estimate of drug-likeness (QED) is 0.759. The van der Waals surface area contributed by atoms with Gasteiger partial charge in [0.25, 0.3) is 0 Å². The molecule has 1 aliphatic heterocycles. The molecule has 0 aliphatic carbocycles. The molecule has 0 spiro atoms. The van der Waals surface area contributed by atoms with Gasteiger partial charge in [0.1, 0.15) is 0 Å². The number of carbonyl (C=O) groups is 1. The normalized spacial score (nSPS) is 15.8. The van der Waals surface area contributed by atoms with Gasteiger partial charge in [-0.05, 0) is 18.8 Å². The fourth-order valence-corrected chi connectivity index (χ4v) is 2.16. The molecule has 2 N–H and O–H groups in total. The van der Waals surface area contributed by atoms with E-state index in [1.165, 1.54) is 0 Å². The second-order valence-corrected chi connectivity index (χ2v) is 4.16. The van der Waals surface area contributed by atoms with Crippen molar-refractivity contribution in [1.82, 2.24) is 14.9 Å². The summed E-state index contributed by atoms with van der Waals surface area (Å²) in [4.78, 5) is 20.1. The van der Waals surface area contributed by atoms with Crippen molar-refractivity contribution in [1.29, 1.82) is 0 Å². The van der Waals surface area contributed by atoms with Crippen LogP contribution in [0.5, 0.6) is 0 Å². The van der Waals surface area contributed by atoms with E-state index in [1.54, 1.807) is 0 Å². The Morgan fingerprint density at radius 3 is 3.06 bits per heavy atom. The topological polar surface area (TPSA) is 69.2 Å². The number of rotatable bonds is 2. The van der Waals surface area contributed by atoms with Gasteiger partial charge in [-0.2, -0.15) is 0 Å². The maximum atomic E-state index is 11.1. The minimum absolute atomic E-state index is 0.0944. The maximum Gasteiger partial charge on any atom is 0.355 e. The van der Waals surface area contributed by atoms with Crippen LogP contribution in [-0.4, -0.2) is 39.0 Å². The zero-order valence-corrected chi connectivity index (χ0v) is 9.80. The fourth-order valence-electron chi connectivity index (χ4n) is 1.95. The molecule has 0 saturated heterocycles. The first-order valence-electron chi connectivity index (χ1n) is 5.19. The summed E-state index contributed by atoms with van der Waals surface area (Å²) in [5.74, 6) is -1.01. The summed E-state index contributed by atoms with van der Waals surface area (Å²) < 4.78 is 0.251. The lowest BCUT2D eigenvalue weighted by atomic mass is 10.0. The highest BCUT2D eigenvalue weighted by Gasteiger charge is 2.22. The van der Waals surface area contributed by atoms with Crippen LogP contribution < -0.4 is 0 Å². The summed E-state index contributed by atoms with van der Waals surface area (Å²) in [7, 11) is 0. The van der Waals surface area contributed by atoms with Gasteiger partial charge in [0, 0.05) is 30.8 Å². The first-order chi connectivity index (χ1) is 7.61. The zero-order chi connectivity index (χ0) is 11.7. The highest BCUT2D eigenvalue weighted by Crippen LogP contribution is 2.19. The van der Waals surface area contributed by atoms with E-state index in [0.29, 0.717) is 6.54 Å². The standard InChI is InChI=1S/C10H13N3O2S/c1-2-13-4-3-7-6(5-13)8(9(14)15)12-10(16)11-7/h2-5H2,1H3,(H,14,15)(H,11,12,16). The highest BCUT2D eigenvalue weighted by atomic mass is 32.1. The molecule has 2 rings (SSSR count). The number of carboxylic acids is 1. The molecular weight excluding hydrogens is 226 g/mol. The average Bonchev–Trinajstić information content (AvgIpc) is 2.27. The number of nitrogens with one attached hydrogen (secondary N) is 1. The van der Waals surface area contributed by atoms with E-state index >= 15 is 0 Å². The summed E-state index contributed by atoms with van der Waals surface area (Å²) in [5, 5.41) is 9.08. The number of carboxylic acid groups (broad SMARTS) is 1. The van der Waals surface area contributed by atoms with Gasteiger partial charge >= 0.3 is 5.97 Å². The van der Waals surface area contributed by atoms with Crippen molar-refractivity contribution in [3.63, 3.8) is 0 Å². The molecule has 1 aliphatic rings. The summed E-state index contributed by atoms with van der Waals surface area (Å²) in [5.41, 5.74) is 1.79.